The first-order valence-corrected chi connectivity index (χ1v) is 7.54. The van der Waals surface area contributed by atoms with E-state index >= 15 is 0 Å². The van der Waals surface area contributed by atoms with Crippen molar-refractivity contribution in [1.82, 2.24) is 0 Å². The van der Waals surface area contributed by atoms with Gasteiger partial charge < -0.3 is 9.47 Å². The summed E-state index contributed by atoms with van der Waals surface area (Å²) in [7, 11) is 0. The van der Waals surface area contributed by atoms with Crippen molar-refractivity contribution in [3.05, 3.63) is 65.7 Å². The van der Waals surface area contributed by atoms with E-state index in [2.05, 4.69) is 0 Å². The zero-order valence-corrected chi connectivity index (χ0v) is 12.5. The van der Waals surface area contributed by atoms with E-state index in [1.807, 2.05) is 24.3 Å². The summed E-state index contributed by atoms with van der Waals surface area (Å²) in [6.45, 7) is 0.142. The SMILES string of the molecule is O=C1c2cccc3cccc(c23)C(=O)N1c1ccc2c(c1)OCO2. The molecule has 3 aromatic carbocycles. The van der Waals surface area contributed by atoms with Gasteiger partial charge in [-0.15, -0.1) is 0 Å². The van der Waals surface area contributed by atoms with E-state index in [9.17, 15) is 9.59 Å². The summed E-state index contributed by atoms with van der Waals surface area (Å²) in [5, 5.41) is 1.60. The fourth-order valence-corrected chi connectivity index (χ4v) is 3.29. The average molecular weight is 317 g/mol. The van der Waals surface area contributed by atoms with Gasteiger partial charge in [0.15, 0.2) is 11.5 Å². The van der Waals surface area contributed by atoms with Crippen molar-refractivity contribution < 1.29 is 19.1 Å². The fraction of sp³-hybridized carbons (Fsp3) is 0.0526. The Labute approximate surface area is 137 Å². The Bertz CT molecular complexity index is 990. The third-order valence-electron chi connectivity index (χ3n) is 4.39. The van der Waals surface area contributed by atoms with Crippen molar-refractivity contribution in [3.8, 4) is 11.5 Å². The third kappa shape index (κ3) is 1.64. The largest absolute Gasteiger partial charge is 0.454 e. The number of amides is 2. The lowest BCUT2D eigenvalue weighted by Crippen LogP contribution is -2.40. The normalized spacial score (nSPS) is 15.2. The van der Waals surface area contributed by atoms with Crippen LogP contribution in [0.5, 0.6) is 11.5 Å². The number of fused-ring (bicyclic) bond motifs is 1. The maximum Gasteiger partial charge on any atom is 0.265 e. The molecule has 2 amide bonds. The second kappa shape index (κ2) is 4.58. The zero-order valence-electron chi connectivity index (χ0n) is 12.5. The minimum absolute atomic E-state index is 0.142. The number of hydrogen-bond acceptors (Lipinski definition) is 4. The highest BCUT2D eigenvalue weighted by Gasteiger charge is 2.34. The molecule has 5 nitrogen and oxygen atoms in total. The summed E-state index contributed by atoms with van der Waals surface area (Å²) in [5.41, 5.74) is 1.53. The minimum Gasteiger partial charge on any atom is -0.454 e. The highest BCUT2D eigenvalue weighted by Crippen LogP contribution is 2.38. The van der Waals surface area contributed by atoms with Crippen LogP contribution in [0.1, 0.15) is 20.7 Å². The molecule has 0 bridgehead atoms. The predicted octanol–water partition coefficient (Wildman–Crippen LogP) is 3.37. The number of carbonyl (C=O) groups is 2. The number of hydrogen-bond donors (Lipinski definition) is 0. The Morgan fingerprint density at radius 1 is 0.792 bits per heavy atom. The van der Waals surface area contributed by atoms with Crippen LogP contribution in [0.15, 0.2) is 54.6 Å². The van der Waals surface area contributed by atoms with Gasteiger partial charge in [-0.05, 0) is 29.7 Å². The Kier molecular flexibility index (Phi) is 2.51. The quantitative estimate of drug-likeness (QED) is 0.646. The van der Waals surface area contributed by atoms with Gasteiger partial charge in [-0.25, -0.2) is 4.90 Å². The van der Waals surface area contributed by atoms with Gasteiger partial charge in [-0.3, -0.25) is 9.59 Å². The molecule has 2 heterocycles. The summed E-state index contributed by atoms with van der Waals surface area (Å²) >= 11 is 0. The van der Waals surface area contributed by atoms with Crippen molar-refractivity contribution in [1.29, 1.82) is 0 Å². The summed E-state index contributed by atoms with van der Waals surface area (Å²) in [6.07, 6.45) is 0. The molecule has 116 valence electrons. The lowest BCUT2D eigenvalue weighted by atomic mass is 9.94. The minimum atomic E-state index is -0.330. The van der Waals surface area contributed by atoms with E-state index in [1.165, 1.54) is 4.90 Å². The second-order valence-corrected chi connectivity index (χ2v) is 5.69. The van der Waals surface area contributed by atoms with Gasteiger partial charge in [0.25, 0.3) is 11.8 Å². The molecule has 0 atom stereocenters. The molecule has 3 aromatic rings. The molecule has 24 heavy (non-hydrogen) atoms. The standard InChI is InChI=1S/C19H11NO4/c21-18-13-5-1-3-11-4-2-6-14(17(11)13)19(22)20(18)12-7-8-15-16(9-12)24-10-23-15/h1-9H,10H2. The van der Waals surface area contributed by atoms with Gasteiger partial charge in [0, 0.05) is 22.6 Å². The van der Waals surface area contributed by atoms with Crippen LogP contribution in [-0.2, 0) is 0 Å². The van der Waals surface area contributed by atoms with Crippen molar-refractivity contribution in [2.24, 2.45) is 0 Å². The molecule has 0 saturated carbocycles. The predicted molar refractivity (Wildman–Crippen MR) is 87.7 cm³/mol. The van der Waals surface area contributed by atoms with Crippen molar-refractivity contribution in [2.45, 2.75) is 0 Å². The second-order valence-electron chi connectivity index (χ2n) is 5.69. The first-order chi connectivity index (χ1) is 11.7. The van der Waals surface area contributed by atoms with E-state index < -0.39 is 0 Å². The van der Waals surface area contributed by atoms with E-state index in [0.29, 0.717) is 33.7 Å². The zero-order chi connectivity index (χ0) is 16.3. The summed E-state index contributed by atoms with van der Waals surface area (Å²) in [6, 6.07) is 16.0. The number of rotatable bonds is 1. The topological polar surface area (TPSA) is 55.8 Å². The third-order valence-corrected chi connectivity index (χ3v) is 4.39. The molecule has 0 aliphatic carbocycles. The number of carbonyl (C=O) groups excluding carboxylic acids is 2. The van der Waals surface area contributed by atoms with E-state index in [0.717, 1.165) is 5.39 Å². The van der Waals surface area contributed by atoms with Gasteiger partial charge >= 0.3 is 0 Å². The van der Waals surface area contributed by atoms with Crippen molar-refractivity contribution in [3.63, 3.8) is 0 Å². The maximum atomic E-state index is 12.9. The molecule has 2 aliphatic rings. The van der Waals surface area contributed by atoms with Gasteiger partial charge in [0.05, 0.1) is 5.69 Å². The number of imide groups is 1. The van der Waals surface area contributed by atoms with Gasteiger partial charge in [-0.2, -0.15) is 0 Å². The van der Waals surface area contributed by atoms with Crippen LogP contribution in [0.25, 0.3) is 10.8 Å². The van der Waals surface area contributed by atoms with Crippen LogP contribution in [0.4, 0.5) is 5.69 Å². The van der Waals surface area contributed by atoms with Crippen LogP contribution in [0.3, 0.4) is 0 Å². The average Bonchev–Trinajstić information content (AvgIpc) is 3.07. The number of benzene rings is 3. The first kappa shape index (κ1) is 13.1. The molecule has 0 unspecified atom stereocenters. The Morgan fingerprint density at radius 2 is 1.46 bits per heavy atom. The first-order valence-electron chi connectivity index (χ1n) is 7.54. The lowest BCUT2D eigenvalue weighted by molar-refractivity contribution is 0.0893. The Hall–Kier alpha value is -3.34. The number of nitrogens with zero attached hydrogens (tertiary/aromatic N) is 1. The van der Waals surface area contributed by atoms with Crippen molar-refractivity contribution >= 4 is 28.3 Å². The maximum absolute atomic E-state index is 12.9. The molecule has 5 rings (SSSR count). The highest BCUT2D eigenvalue weighted by molar-refractivity contribution is 6.35. The molecule has 2 aliphatic heterocycles. The molecule has 0 saturated heterocycles. The molecule has 0 spiro atoms. The van der Waals surface area contributed by atoms with E-state index in [1.54, 1.807) is 30.3 Å². The lowest BCUT2D eigenvalue weighted by Gasteiger charge is -2.27. The number of ether oxygens (including phenoxy) is 2. The summed E-state index contributed by atoms with van der Waals surface area (Å²) in [5.74, 6) is 0.481. The van der Waals surface area contributed by atoms with Gasteiger partial charge in [0.2, 0.25) is 6.79 Å². The summed E-state index contributed by atoms with van der Waals surface area (Å²) < 4.78 is 10.6. The summed E-state index contributed by atoms with van der Waals surface area (Å²) in [4.78, 5) is 27.1. The van der Waals surface area contributed by atoms with Crippen LogP contribution in [0, 0.1) is 0 Å². The molecular formula is C19H11NO4. The fourth-order valence-electron chi connectivity index (χ4n) is 3.29. The van der Waals surface area contributed by atoms with Crippen LogP contribution in [-0.4, -0.2) is 18.6 Å². The van der Waals surface area contributed by atoms with Crippen LogP contribution < -0.4 is 14.4 Å². The smallest absolute Gasteiger partial charge is 0.265 e. The molecule has 0 N–H and O–H groups in total. The Balaban J connectivity index is 1.72. The Morgan fingerprint density at radius 3 is 2.17 bits per heavy atom. The molecule has 0 radical (unpaired) electrons. The highest BCUT2D eigenvalue weighted by atomic mass is 16.7. The van der Waals surface area contributed by atoms with Gasteiger partial charge in [-0.1, -0.05) is 24.3 Å². The molecule has 0 aromatic heterocycles. The molecule has 5 heteroatoms. The van der Waals surface area contributed by atoms with Crippen LogP contribution >= 0.6 is 0 Å². The van der Waals surface area contributed by atoms with Gasteiger partial charge in [0.1, 0.15) is 0 Å². The van der Waals surface area contributed by atoms with Crippen LogP contribution in [0.2, 0.25) is 0 Å². The molecular weight excluding hydrogens is 306 g/mol. The molecule has 0 fully saturated rings. The van der Waals surface area contributed by atoms with E-state index in [-0.39, 0.29) is 18.6 Å². The van der Waals surface area contributed by atoms with E-state index in [4.69, 9.17) is 9.47 Å². The monoisotopic (exact) mass is 317 g/mol. The van der Waals surface area contributed by atoms with Crippen molar-refractivity contribution in [2.75, 3.05) is 11.7 Å². The number of anilines is 1.